The van der Waals surface area contributed by atoms with Crippen molar-refractivity contribution in [1.82, 2.24) is 5.32 Å². The maximum atomic E-state index is 12.1. The molecule has 0 aromatic heterocycles. The first-order valence-electron chi connectivity index (χ1n) is 7.48. The summed E-state index contributed by atoms with van der Waals surface area (Å²) in [5.74, 6) is 0.897. The minimum absolute atomic E-state index is 0.105. The van der Waals surface area contributed by atoms with Crippen LogP contribution < -0.4 is 10.6 Å². The zero-order chi connectivity index (χ0) is 17.4. The fourth-order valence-corrected chi connectivity index (χ4v) is 2.24. The summed E-state index contributed by atoms with van der Waals surface area (Å²) in [5, 5.41) is 14.3. The highest BCUT2D eigenvalue weighted by atomic mass is 16.3. The number of aliphatic hydroxyl groups excluding tert-OH is 1. The van der Waals surface area contributed by atoms with Crippen LogP contribution in [0.25, 0.3) is 0 Å². The van der Waals surface area contributed by atoms with Gasteiger partial charge in [-0.15, -0.1) is 6.42 Å². The van der Waals surface area contributed by atoms with E-state index in [1.807, 2.05) is 30.3 Å². The number of rotatable bonds is 5. The number of amides is 2. The van der Waals surface area contributed by atoms with Crippen LogP contribution in [-0.2, 0) is 9.59 Å². The highest BCUT2D eigenvalue weighted by Crippen LogP contribution is 2.16. The van der Waals surface area contributed by atoms with E-state index < -0.39 is 17.9 Å². The van der Waals surface area contributed by atoms with Gasteiger partial charge in [-0.1, -0.05) is 42.3 Å². The summed E-state index contributed by atoms with van der Waals surface area (Å²) < 4.78 is 0. The molecule has 0 aliphatic heterocycles. The van der Waals surface area contributed by atoms with Crippen LogP contribution in [0.3, 0.4) is 0 Å². The summed E-state index contributed by atoms with van der Waals surface area (Å²) in [5.41, 5.74) is 1.88. The van der Waals surface area contributed by atoms with Crippen LogP contribution in [0.5, 0.6) is 0 Å². The molecule has 0 heterocycles. The van der Waals surface area contributed by atoms with E-state index in [1.165, 1.54) is 0 Å². The Balaban J connectivity index is 2.04. The number of hydrogen-bond donors (Lipinski definition) is 3. The molecule has 2 aromatic rings. The van der Waals surface area contributed by atoms with Gasteiger partial charge in [0, 0.05) is 17.9 Å². The van der Waals surface area contributed by atoms with Gasteiger partial charge in [0.1, 0.15) is 0 Å². The van der Waals surface area contributed by atoms with Crippen molar-refractivity contribution in [2.45, 2.75) is 12.5 Å². The van der Waals surface area contributed by atoms with Crippen molar-refractivity contribution in [3.05, 3.63) is 65.7 Å². The van der Waals surface area contributed by atoms with E-state index in [-0.39, 0.29) is 6.61 Å². The normalized spacial score (nSPS) is 11.2. The monoisotopic (exact) mass is 322 g/mol. The summed E-state index contributed by atoms with van der Waals surface area (Å²) >= 11 is 0. The molecule has 0 bridgehead atoms. The smallest absolute Gasteiger partial charge is 0.313 e. The summed E-state index contributed by atoms with van der Waals surface area (Å²) in [4.78, 5) is 24.2. The molecule has 2 rings (SSSR count). The number of aliphatic hydroxyl groups is 1. The summed E-state index contributed by atoms with van der Waals surface area (Å²) in [7, 11) is 0. The highest BCUT2D eigenvalue weighted by molar-refractivity contribution is 6.39. The van der Waals surface area contributed by atoms with Crippen LogP contribution in [0.1, 0.15) is 23.6 Å². The fraction of sp³-hybridized carbons (Fsp3) is 0.158. The first-order chi connectivity index (χ1) is 11.6. The molecule has 2 amide bonds. The zero-order valence-electron chi connectivity index (χ0n) is 13.0. The number of nitrogens with one attached hydrogen (secondary N) is 2. The minimum atomic E-state index is -0.789. The van der Waals surface area contributed by atoms with Crippen LogP contribution in [0.15, 0.2) is 54.6 Å². The lowest BCUT2D eigenvalue weighted by Crippen LogP contribution is -2.38. The van der Waals surface area contributed by atoms with Gasteiger partial charge in [0.15, 0.2) is 0 Å². The largest absolute Gasteiger partial charge is 0.396 e. The molecular weight excluding hydrogens is 304 g/mol. The van der Waals surface area contributed by atoms with Gasteiger partial charge in [0.2, 0.25) is 0 Å². The third-order valence-electron chi connectivity index (χ3n) is 3.42. The van der Waals surface area contributed by atoms with Gasteiger partial charge in [-0.3, -0.25) is 9.59 Å². The van der Waals surface area contributed by atoms with Crippen LogP contribution in [0.2, 0.25) is 0 Å². The maximum Gasteiger partial charge on any atom is 0.313 e. The molecule has 0 saturated heterocycles. The van der Waals surface area contributed by atoms with Crippen LogP contribution >= 0.6 is 0 Å². The Morgan fingerprint density at radius 3 is 2.50 bits per heavy atom. The van der Waals surface area contributed by atoms with E-state index in [2.05, 4.69) is 16.6 Å². The zero-order valence-corrected chi connectivity index (χ0v) is 13.0. The molecule has 0 aliphatic carbocycles. The van der Waals surface area contributed by atoms with Crippen LogP contribution in [-0.4, -0.2) is 23.5 Å². The topological polar surface area (TPSA) is 78.4 Å². The number of carbonyl (C=O) groups is 2. The van der Waals surface area contributed by atoms with Crippen molar-refractivity contribution in [3.63, 3.8) is 0 Å². The SMILES string of the molecule is C#Cc1cccc(NC(=O)C(=O)NC(CCO)c2ccccc2)c1. The summed E-state index contributed by atoms with van der Waals surface area (Å²) in [6.45, 7) is -0.105. The van der Waals surface area contributed by atoms with Gasteiger partial charge in [-0.05, 0) is 30.2 Å². The first-order valence-corrected chi connectivity index (χ1v) is 7.48. The van der Waals surface area contributed by atoms with Crippen LogP contribution in [0.4, 0.5) is 5.69 Å². The molecule has 3 N–H and O–H groups in total. The maximum absolute atomic E-state index is 12.1. The summed E-state index contributed by atoms with van der Waals surface area (Å²) in [6, 6.07) is 15.4. The highest BCUT2D eigenvalue weighted by Gasteiger charge is 2.19. The molecule has 0 aliphatic rings. The minimum Gasteiger partial charge on any atom is -0.396 e. The van der Waals surface area contributed by atoms with Crippen molar-refractivity contribution in [2.24, 2.45) is 0 Å². The van der Waals surface area contributed by atoms with E-state index >= 15 is 0 Å². The molecule has 5 nitrogen and oxygen atoms in total. The van der Waals surface area contributed by atoms with Gasteiger partial charge in [-0.2, -0.15) is 0 Å². The Morgan fingerprint density at radius 2 is 1.83 bits per heavy atom. The molecule has 1 unspecified atom stereocenters. The van der Waals surface area contributed by atoms with Crippen molar-refractivity contribution < 1.29 is 14.7 Å². The number of terminal acetylenes is 1. The van der Waals surface area contributed by atoms with E-state index in [0.29, 0.717) is 17.7 Å². The molecule has 24 heavy (non-hydrogen) atoms. The van der Waals surface area contributed by atoms with Crippen molar-refractivity contribution >= 4 is 17.5 Å². The van der Waals surface area contributed by atoms with Crippen molar-refractivity contribution in [1.29, 1.82) is 0 Å². The standard InChI is InChI=1S/C19H18N2O3/c1-2-14-7-6-10-16(13-14)20-18(23)19(24)21-17(11-12-22)15-8-4-3-5-9-15/h1,3-10,13,17,22H,11-12H2,(H,20,23)(H,21,24). The molecule has 1 atom stereocenters. The van der Waals surface area contributed by atoms with Gasteiger partial charge < -0.3 is 15.7 Å². The molecule has 0 saturated carbocycles. The Hall–Kier alpha value is -3.10. The second-order valence-corrected chi connectivity index (χ2v) is 5.13. The number of anilines is 1. The lowest BCUT2D eigenvalue weighted by Gasteiger charge is -2.18. The Morgan fingerprint density at radius 1 is 1.08 bits per heavy atom. The predicted octanol–water partition coefficient (Wildman–Crippen LogP) is 1.85. The Kier molecular flexibility index (Phi) is 6.12. The average Bonchev–Trinajstić information content (AvgIpc) is 2.62. The average molecular weight is 322 g/mol. The second kappa shape index (κ2) is 8.51. The quantitative estimate of drug-likeness (QED) is 0.581. The lowest BCUT2D eigenvalue weighted by atomic mass is 10.0. The van der Waals surface area contributed by atoms with Crippen molar-refractivity contribution in [3.8, 4) is 12.3 Å². The molecule has 122 valence electrons. The molecule has 2 aromatic carbocycles. The molecule has 5 heteroatoms. The van der Waals surface area contributed by atoms with Gasteiger partial charge >= 0.3 is 11.8 Å². The fourth-order valence-electron chi connectivity index (χ4n) is 2.24. The van der Waals surface area contributed by atoms with E-state index in [0.717, 1.165) is 5.56 Å². The van der Waals surface area contributed by atoms with Crippen molar-refractivity contribution in [2.75, 3.05) is 11.9 Å². The number of carbonyl (C=O) groups excluding carboxylic acids is 2. The molecular formula is C19H18N2O3. The Bertz CT molecular complexity index is 751. The van der Waals surface area contributed by atoms with E-state index in [4.69, 9.17) is 6.42 Å². The molecule has 0 radical (unpaired) electrons. The van der Waals surface area contributed by atoms with Crippen LogP contribution in [0, 0.1) is 12.3 Å². The third-order valence-corrected chi connectivity index (χ3v) is 3.42. The van der Waals surface area contributed by atoms with E-state index in [9.17, 15) is 14.7 Å². The van der Waals surface area contributed by atoms with Gasteiger partial charge in [0.05, 0.1) is 6.04 Å². The number of benzene rings is 2. The second-order valence-electron chi connectivity index (χ2n) is 5.13. The molecule has 0 spiro atoms. The summed E-state index contributed by atoms with van der Waals surface area (Å²) in [6.07, 6.45) is 5.62. The van der Waals surface area contributed by atoms with E-state index in [1.54, 1.807) is 24.3 Å². The predicted molar refractivity (Wildman–Crippen MR) is 92.0 cm³/mol. The van der Waals surface area contributed by atoms with Gasteiger partial charge in [-0.25, -0.2) is 0 Å². The Labute approximate surface area is 140 Å². The molecule has 0 fully saturated rings. The first kappa shape index (κ1) is 17.3. The lowest BCUT2D eigenvalue weighted by molar-refractivity contribution is -0.136. The third kappa shape index (κ3) is 4.70. The van der Waals surface area contributed by atoms with Gasteiger partial charge in [0.25, 0.3) is 0 Å². The number of hydrogen-bond acceptors (Lipinski definition) is 3.